The van der Waals surface area contributed by atoms with Gasteiger partial charge in [0.25, 0.3) is 0 Å². The van der Waals surface area contributed by atoms with Gasteiger partial charge in [0.05, 0.1) is 18.0 Å². The van der Waals surface area contributed by atoms with E-state index in [1.165, 1.54) is 5.56 Å². The lowest BCUT2D eigenvalue weighted by molar-refractivity contribution is 0.403. The van der Waals surface area contributed by atoms with Crippen molar-refractivity contribution in [1.82, 2.24) is 9.97 Å². The fourth-order valence-corrected chi connectivity index (χ4v) is 1.80. The van der Waals surface area contributed by atoms with Crippen LogP contribution in [0.5, 0.6) is 5.88 Å². The highest BCUT2D eigenvalue weighted by Crippen LogP contribution is 2.28. The first-order valence-electron chi connectivity index (χ1n) is 4.74. The van der Waals surface area contributed by atoms with E-state index < -0.39 is 0 Å². The van der Waals surface area contributed by atoms with Crippen molar-refractivity contribution < 1.29 is 4.74 Å². The van der Waals surface area contributed by atoms with Gasteiger partial charge in [0, 0.05) is 12.3 Å². The highest BCUT2D eigenvalue weighted by Gasteiger charge is 2.09. The Morgan fingerprint density at radius 1 is 1.47 bits per heavy atom. The third kappa shape index (κ3) is 1.75. The Morgan fingerprint density at radius 3 is 2.93 bits per heavy atom. The van der Waals surface area contributed by atoms with Crippen LogP contribution in [0.4, 0.5) is 0 Å². The maximum atomic E-state index is 5.87. The average molecular weight is 223 g/mol. The molecular weight excluding hydrogens is 212 g/mol. The molecule has 0 spiro atoms. The number of hydrogen-bond donors (Lipinski definition) is 0. The number of aromatic nitrogens is 2. The van der Waals surface area contributed by atoms with Crippen LogP contribution in [0.15, 0.2) is 18.3 Å². The maximum Gasteiger partial charge on any atom is 0.224 e. The van der Waals surface area contributed by atoms with Gasteiger partial charge in [-0.25, -0.2) is 4.98 Å². The fourth-order valence-electron chi connectivity index (χ4n) is 1.62. The van der Waals surface area contributed by atoms with Crippen molar-refractivity contribution in [3.8, 4) is 5.88 Å². The van der Waals surface area contributed by atoms with Crippen molar-refractivity contribution >= 4 is 22.5 Å². The van der Waals surface area contributed by atoms with Crippen LogP contribution in [-0.2, 0) is 6.42 Å². The molecule has 0 radical (unpaired) electrons. The number of fused-ring (bicyclic) bond motifs is 1. The van der Waals surface area contributed by atoms with Crippen LogP contribution >= 0.6 is 11.6 Å². The van der Waals surface area contributed by atoms with E-state index >= 15 is 0 Å². The molecule has 2 aromatic heterocycles. The average Bonchev–Trinajstić information content (AvgIpc) is 2.26. The van der Waals surface area contributed by atoms with Gasteiger partial charge < -0.3 is 4.74 Å². The summed E-state index contributed by atoms with van der Waals surface area (Å²) in [5, 5.41) is 1.35. The molecule has 0 fully saturated rings. The monoisotopic (exact) mass is 222 g/mol. The van der Waals surface area contributed by atoms with E-state index in [1.807, 2.05) is 6.07 Å². The number of methoxy groups -OCH3 is 1. The Hall–Kier alpha value is -1.35. The fraction of sp³-hybridized carbons (Fsp3) is 0.273. The second-order valence-corrected chi connectivity index (χ2v) is 3.56. The van der Waals surface area contributed by atoms with E-state index in [0.717, 1.165) is 17.3 Å². The molecule has 4 heteroatoms. The topological polar surface area (TPSA) is 35.0 Å². The van der Waals surface area contributed by atoms with Crippen LogP contribution in [0.2, 0.25) is 5.15 Å². The number of rotatable bonds is 2. The van der Waals surface area contributed by atoms with E-state index in [9.17, 15) is 0 Å². The van der Waals surface area contributed by atoms with Crippen molar-refractivity contribution in [3.63, 3.8) is 0 Å². The second kappa shape index (κ2) is 4.03. The lowest BCUT2D eigenvalue weighted by Gasteiger charge is -2.08. The molecule has 0 aromatic carbocycles. The molecule has 0 bridgehead atoms. The van der Waals surface area contributed by atoms with Crippen LogP contribution < -0.4 is 4.74 Å². The molecule has 0 saturated heterocycles. The summed E-state index contributed by atoms with van der Waals surface area (Å²) in [5.74, 6) is 0.544. The number of nitrogens with zero attached hydrogens (tertiary/aromatic N) is 2. The van der Waals surface area contributed by atoms with E-state index in [4.69, 9.17) is 16.3 Å². The largest absolute Gasteiger partial charge is 0.480 e. The van der Waals surface area contributed by atoms with Crippen LogP contribution in [0, 0.1) is 0 Å². The van der Waals surface area contributed by atoms with Gasteiger partial charge in [0.15, 0.2) is 0 Å². The first-order chi connectivity index (χ1) is 7.26. The Kier molecular flexibility index (Phi) is 2.73. The van der Waals surface area contributed by atoms with Crippen LogP contribution in [-0.4, -0.2) is 17.1 Å². The summed E-state index contributed by atoms with van der Waals surface area (Å²) in [6.07, 6.45) is 2.69. The van der Waals surface area contributed by atoms with Gasteiger partial charge in [0.1, 0.15) is 5.15 Å². The zero-order chi connectivity index (χ0) is 10.8. The lowest BCUT2D eigenvalue weighted by atomic mass is 10.1. The molecule has 0 N–H and O–H groups in total. The molecule has 0 unspecified atom stereocenters. The van der Waals surface area contributed by atoms with Crippen molar-refractivity contribution in [3.05, 3.63) is 29.0 Å². The van der Waals surface area contributed by atoms with E-state index in [0.29, 0.717) is 11.0 Å². The van der Waals surface area contributed by atoms with Gasteiger partial charge >= 0.3 is 0 Å². The Morgan fingerprint density at radius 2 is 2.27 bits per heavy atom. The minimum absolute atomic E-state index is 0.403. The smallest absolute Gasteiger partial charge is 0.224 e. The zero-order valence-electron chi connectivity index (χ0n) is 8.62. The molecular formula is C11H11ClN2O. The Balaban J connectivity index is 2.84. The van der Waals surface area contributed by atoms with Crippen molar-refractivity contribution in [1.29, 1.82) is 0 Å². The predicted molar refractivity (Wildman–Crippen MR) is 60.5 cm³/mol. The summed E-state index contributed by atoms with van der Waals surface area (Å²) in [5.41, 5.74) is 1.99. The first kappa shape index (κ1) is 10.2. The standard InChI is InChI=1S/C11H11ClN2O/c1-3-7-4-5-13-8-6-9(12)14-11(15-2)10(7)8/h4-6H,3H2,1-2H3. The third-order valence-electron chi connectivity index (χ3n) is 2.32. The summed E-state index contributed by atoms with van der Waals surface area (Å²) >= 11 is 5.87. The molecule has 0 aliphatic carbocycles. The molecule has 3 nitrogen and oxygen atoms in total. The molecule has 2 aromatic rings. The lowest BCUT2D eigenvalue weighted by Crippen LogP contribution is -1.94. The number of aryl methyl sites for hydroxylation is 1. The molecule has 0 amide bonds. The summed E-state index contributed by atoms with van der Waals surface area (Å²) in [6, 6.07) is 3.72. The minimum atomic E-state index is 0.403. The molecule has 0 saturated carbocycles. The van der Waals surface area contributed by atoms with E-state index in [2.05, 4.69) is 16.9 Å². The summed E-state index contributed by atoms with van der Waals surface area (Å²) in [6.45, 7) is 2.09. The number of ether oxygens (including phenoxy) is 1. The van der Waals surface area contributed by atoms with Crippen LogP contribution in [0.3, 0.4) is 0 Å². The van der Waals surface area contributed by atoms with Gasteiger partial charge in [-0.05, 0) is 18.1 Å². The van der Waals surface area contributed by atoms with Crippen molar-refractivity contribution in [2.24, 2.45) is 0 Å². The molecule has 78 valence electrons. The number of pyridine rings is 2. The Labute approximate surface area is 93.1 Å². The van der Waals surface area contributed by atoms with E-state index in [1.54, 1.807) is 19.4 Å². The SMILES string of the molecule is CCc1ccnc2cc(Cl)nc(OC)c12. The highest BCUT2D eigenvalue weighted by molar-refractivity contribution is 6.30. The molecule has 2 rings (SSSR count). The second-order valence-electron chi connectivity index (χ2n) is 3.17. The summed E-state index contributed by atoms with van der Waals surface area (Å²) in [4.78, 5) is 8.39. The normalized spacial score (nSPS) is 10.6. The zero-order valence-corrected chi connectivity index (χ0v) is 9.38. The van der Waals surface area contributed by atoms with Gasteiger partial charge in [-0.1, -0.05) is 18.5 Å². The van der Waals surface area contributed by atoms with Crippen LogP contribution in [0.1, 0.15) is 12.5 Å². The predicted octanol–water partition coefficient (Wildman–Crippen LogP) is 2.85. The molecule has 2 heterocycles. The van der Waals surface area contributed by atoms with E-state index in [-0.39, 0.29) is 0 Å². The van der Waals surface area contributed by atoms with Crippen LogP contribution in [0.25, 0.3) is 10.9 Å². The molecule has 0 atom stereocenters. The summed E-state index contributed by atoms with van der Waals surface area (Å²) < 4.78 is 5.22. The maximum absolute atomic E-state index is 5.87. The van der Waals surface area contributed by atoms with Gasteiger partial charge in [0.2, 0.25) is 5.88 Å². The summed E-state index contributed by atoms with van der Waals surface area (Å²) in [7, 11) is 1.59. The van der Waals surface area contributed by atoms with Crippen molar-refractivity contribution in [2.45, 2.75) is 13.3 Å². The first-order valence-corrected chi connectivity index (χ1v) is 5.12. The van der Waals surface area contributed by atoms with Gasteiger partial charge in [-0.15, -0.1) is 0 Å². The Bertz CT molecular complexity index is 499. The molecule has 0 aliphatic rings. The van der Waals surface area contributed by atoms with Gasteiger partial charge in [-0.3, -0.25) is 4.98 Å². The van der Waals surface area contributed by atoms with Crippen molar-refractivity contribution in [2.75, 3.05) is 7.11 Å². The number of hydrogen-bond acceptors (Lipinski definition) is 3. The minimum Gasteiger partial charge on any atom is -0.480 e. The highest BCUT2D eigenvalue weighted by atomic mass is 35.5. The molecule has 15 heavy (non-hydrogen) atoms. The molecule has 0 aliphatic heterocycles. The quantitative estimate of drug-likeness (QED) is 0.733. The van der Waals surface area contributed by atoms with Gasteiger partial charge in [-0.2, -0.15) is 0 Å². The number of halogens is 1. The third-order valence-corrected chi connectivity index (χ3v) is 2.51.